The summed E-state index contributed by atoms with van der Waals surface area (Å²) in [6, 6.07) is 0. The van der Waals surface area contributed by atoms with Crippen molar-refractivity contribution in [1.29, 1.82) is 0 Å². The molecule has 1 amide bonds. The molecule has 100 valence electrons. The van der Waals surface area contributed by atoms with Crippen molar-refractivity contribution in [2.45, 2.75) is 58.7 Å². The molecule has 1 fully saturated rings. The van der Waals surface area contributed by atoms with Crippen molar-refractivity contribution in [3.8, 4) is 0 Å². The van der Waals surface area contributed by atoms with Gasteiger partial charge in [0.15, 0.2) is 0 Å². The molecule has 1 aliphatic rings. The van der Waals surface area contributed by atoms with E-state index < -0.39 is 5.60 Å². The molecule has 0 aromatic rings. The summed E-state index contributed by atoms with van der Waals surface area (Å²) in [6.07, 6.45) is 2.12. The average molecular weight is 243 g/mol. The lowest BCUT2D eigenvalue weighted by atomic mass is 9.91. The number of hydrogen-bond acceptors (Lipinski definition) is 3. The normalized spacial score (nSPS) is 23.4. The van der Waals surface area contributed by atoms with Crippen molar-refractivity contribution in [3.05, 3.63) is 0 Å². The lowest BCUT2D eigenvalue weighted by Gasteiger charge is -2.35. The third-order valence-corrected chi connectivity index (χ3v) is 3.07. The van der Waals surface area contributed by atoms with Crippen LogP contribution in [0.25, 0.3) is 0 Å². The third kappa shape index (κ3) is 4.54. The van der Waals surface area contributed by atoms with Gasteiger partial charge in [0.1, 0.15) is 5.60 Å². The first-order chi connectivity index (χ1) is 7.83. The maximum absolute atomic E-state index is 11.9. The number of aliphatic hydroxyl groups is 1. The van der Waals surface area contributed by atoms with Gasteiger partial charge >= 0.3 is 6.09 Å². The summed E-state index contributed by atoms with van der Waals surface area (Å²) in [5.41, 5.74) is -0.451. The molecule has 0 aliphatic carbocycles. The Hall–Kier alpha value is -0.770. The molecule has 0 aromatic heterocycles. The fraction of sp³-hybridized carbons (Fsp3) is 0.923. The van der Waals surface area contributed by atoms with Crippen LogP contribution in [0, 0.1) is 5.92 Å². The fourth-order valence-electron chi connectivity index (χ4n) is 2.15. The van der Waals surface area contributed by atoms with Crippen LogP contribution in [-0.2, 0) is 4.74 Å². The van der Waals surface area contributed by atoms with Crippen LogP contribution in [0.1, 0.15) is 47.0 Å². The van der Waals surface area contributed by atoms with Crippen LogP contribution in [0.3, 0.4) is 0 Å². The summed E-state index contributed by atoms with van der Waals surface area (Å²) in [4.78, 5) is 13.6. The van der Waals surface area contributed by atoms with E-state index in [2.05, 4.69) is 0 Å². The fourth-order valence-corrected chi connectivity index (χ4v) is 2.15. The second kappa shape index (κ2) is 5.71. The van der Waals surface area contributed by atoms with Crippen molar-refractivity contribution < 1.29 is 14.6 Å². The zero-order valence-electron chi connectivity index (χ0n) is 11.4. The highest BCUT2D eigenvalue weighted by molar-refractivity contribution is 5.68. The molecule has 0 radical (unpaired) electrons. The van der Waals surface area contributed by atoms with Crippen molar-refractivity contribution in [2.24, 2.45) is 5.92 Å². The van der Waals surface area contributed by atoms with Crippen molar-refractivity contribution >= 4 is 6.09 Å². The monoisotopic (exact) mass is 243 g/mol. The molecule has 1 heterocycles. The van der Waals surface area contributed by atoms with Gasteiger partial charge in [-0.25, -0.2) is 4.79 Å². The third-order valence-electron chi connectivity index (χ3n) is 3.07. The molecule has 1 saturated heterocycles. The van der Waals surface area contributed by atoms with Gasteiger partial charge < -0.3 is 14.7 Å². The van der Waals surface area contributed by atoms with Crippen LogP contribution < -0.4 is 0 Å². The van der Waals surface area contributed by atoms with Gasteiger partial charge in [-0.3, -0.25) is 0 Å². The standard InChI is InChI=1S/C13H25NO3/c1-5-11(15)10-7-6-8-14(9-10)12(16)17-13(2,3)4/h10-11,15H,5-9H2,1-4H3/t10-,11-/m1/s1. The van der Waals surface area contributed by atoms with Gasteiger partial charge in [0.25, 0.3) is 0 Å². The van der Waals surface area contributed by atoms with Crippen LogP contribution in [-0.4, -0.2) is 40.9 Å². The van der Waals surface area contributed by atoms with E-state index in [-0.39, 0.29) is 18.1 Å². The number of carbonyl (C=O) groups is 1. The molecule has 2 atom stereocenters. The molecule has 0 spiro atoms. The van der Waals surface area contributed by atoms with E-state index in [0.29, 0.717) is 6.54 Å². The van der Waals surface area contributed by atoms with Crippen molar-refractivity contribution in [2.75, 3.05) is 13.1 Å². The van der Waals surface area contributed by atoms with Gasteiger partial charge in [-0.15, -0.1) is 0 Å². The van der Waals surface area contributed by atoms with Gasteiger partial charge in [0.2, 0.25) is 0 Å². The zero-order valence-corrected chi connectivity index (χ0v) is 11.4. The highest BCUT2D eigenvalue weighted by atomic mass is 16.6. The quantitative estimate of drug-likeness (QED) is 0.810. The molecule has 1 rings (SSSR count). The SMILES string of the molecule is CC[C@@H](O)[C@@H]1CCCN(C(=O)OC(C)(C)C)C1. The van der Waals surface area contributed by atoms with E-state index in [1.54, 1.807) is 4.90 Å². The summed E-state index contributed by atoms with van der Waals surface area (Å²) < 4.78 is 5.34. The number of nitrogens with zero attached hydrogens (tertiary/aromatic N) is 1. The van der Waals surface area contributed by atoms with Crippen LogP contribution in [0.4, 0.5) is 4.79 Å². The largest absolute Gasteiger partial charge is 0.444 e. The summed E-state index contributed by atoms with van der Waals surface area (Å²) in [6.45, 7) is 8.93. The Morgan fingerprint density at radius 2 is 2.18 bits per heavy atom. The molecule has 0 saturated carbocycles. The number of aliphatic hydroxyl groups excluding tert-OH is 1. The number of likely N-dealkylation sites (tertiary alicyclic amines) is 1. The lowest BCUT2D eigenvalue weighted by molar-refractivity contribution is 0.00234. The summed E-state index contributed by atoms with van der Waals surface area (Å²) in [5, 5.41) is 9.84. The second-order valence-electron chi connectivity index (χ2n) is 5.80. The number of ether oxygens (including phenoxy) is 1. The van der Waals surface area contributed by atoms with E-state index in [1.165, 1.54) is 0 Å². The Morgan fingerprint density at radius 1 is 1.53 bits per heavy atom. The Bertz CT molecular complexity index is 260. The van der Waals surface area contributed by atoms with Gasteiger partial charge in [-0.05, 0) is 40.0 Å². The smallest absolute Gasteiger partial charge is 0.410 e. The topological polar surface area (TPSA) is 49.8 Å². The molecular weight excluding hydrogens is 218 g/mol. The molecule has 0 bridgehead atoms. The predicted molar refractivity (Wildman–Crippen MR) is 66.8 cm³/mol. The first-order valence-electron chi connectivity index (χ1n) is 6.49. The lowest BCUT2D eigenvalue weighted by Crippen LogP contribution is -2.45. The minimum atomic E-state index is -0.451. The maximum Gasteiger partial charge on any atom is 0.410 e. The highest BCUT2D eigenvalue weighted by Gasteiger charge is 2.30. The van der Waals surface area contributed by atoms with Crippen LogP contribution in [0.15, 0.2) is 0 Å². The Labute approximate surface area is 104 Å². The molecule has 17 heavy (non-hydrogen) atoms. The van der Waals surface area contributed by atoms with E-state index in [1.807, 2.05) is 27.7 Å². The molecule has 4 nitrogen and oxygen atoms in total. The number of carbonyl (C=O) groups excluding carboxylic acids is 1. The molecule has 1 aliphatic heterocycles. The molecule has 0 unspecified atom stereocenters. The van der Waals surface area contributed by atoms with Gasteiger partial charge in [-0.2, -0.15) is 0 Å². The minimum absolute atomic E-state index is 0.196. The number of hydrogen-bond donors (Lipinski definition) is 1. The van der Waals surface area contributed by atoms with Gasteiger partial charge in [0, 0.05) is 19.0 Å². The van der Waals surface area contributed by atoms with Gasteiger partial charge in [-0.1, -0.05) is 6.92 Å². The van der Waals surface area contributed by atoms with Crippen molar-refractivity contribution in [3.63, 3.8) is 0 Å². The molecular formula is C13H25NO3. The number of piperidine rings is 1. The zero-order chi connectivity index (χ0) is 13.1. The summed E-state index contributed by atoms with van der Waals surface area (Å²) >= 11 is 0. The van der Waals surface area contributed by atoms with Crippen LogP contribution >= 0.6 is 0 Å². The predicted octanol–water partition coefficient (Wildman–Crippen LogP) is 2.40. The highest BCUT2D eigenvalue weighted by Crippen LogP contribution is 2.23. The minimum Gasteiger partial charge on any atom is -0.444 e. The van der Waals surface area contributed by atoms with E-state index in [9.17, 15) is 9.90 Å². The van der Waals surface area contributed by atoms with E-state index in [0.717, 1.165) is 25.8 Å². The Morgan fingerprint density at radius 3 is 2.71 bits per heavy atom. The van der Waals surface area contributed by atoms with E-state index >= 15 is 0 Å². The van der Waals surface area contributed by atoms with E-state index in [4.69, 9.17) is 4.74 Å². The average Bonchev–Trinajstić information content (AvgIpc) is 2.26. The molecule has 0 aromatic carbocycles. The first-order valence-corrected chi connectivity index (χ1v) is 6.49. The first kappa shape index (κ1) is 14.3. The molecule has 4 heteroatoms. The van der Waals surface area contributed by atoms with Crippen LogP contribution in [0.2, 0.25) is 0 Å². The number of amides is 1. The Balaban J connectivity index is 2.52. The summed E-state index contributed by atoms with van der Waals surface area (Å²) in [7, 11) is 0. The summed E-state index contributed by atoms with van der Waals surface area (Å²) in [5.74, 6) is 0.196. The van der Waals surface area contributed by atoms with Crippen LogP contribution in [0.5, 0.6) is 0 Å². The molecule has 1 N–H and O–H groups in total. The Kier molecular flexibility index (Phi) is 4.80. The van der Waals surface area contributed by atoms with Gasteiger partial charge in [0.05, 0.1) is 6.10 Å². The second-order valence-corrected chi connectivity index (χ2v) is 5.80. The number of rotatable bonds is 2. The van der Waals surface area contributed by atoms with Crippen molar-refractivity contribution in [1.82, 2.24) is 4.90 Å². The maximum atomic E-state index is 11.9.